The Labute approximate surface area is 154 Å². The van der Waals surface area contributed by atoms with Gasteiger partial charge in [0, 0.05) is 11.0 Å². The van der Waals surface area contributed by atoms with Crippen molar-refractivity contribution in [3.8, 4) is 0 Å². The standard InChI is InChI=1S/C18H16F3NO4S/c19-18(20,21)16-9-5-4-8-15(16)13-26-17(23)12-22-27(24,25)11-10-14-6-2-1-3-7-14/h1-11,22H,12-13H2. The molecular formula is C18H16F3NO4S. The first-order chi connectivity index (χ1) is 12.7. The summed E-state index contributed by atoms with van der Waals surface area (Å²) >= 11 is 0. The molecule has 0 fully saturated rings. The Kier molecular flexibility index (Phi) is 6.75. The summed E-state index contributed by atoms with van der Waals surface area (Å²) in [5.74, 6) is -0.997. The van der Waals surface area contributed by atoms with Gasteiger partial charge >= 0.3 is 12.1 Å². The maximum Gasteiger partial charge on any atom is 0.416 e. The number of hydrogen-bond donors (Lipinski definition) is 1. The van der Waals surface area contributed by atoms with Crippen molar-refractivity contribution in [2.24, 2.45) is 0 Å². The number of alkyl halides is 3. The SMILES string of the molecule is O=C(CNS(=O)(=O)C=Cc1ccccc1)OCc1ccccc1C(F)(F)F. The fourth-order valence-corrected chi connectivity index (χ4v) is 2.82. The van der Waals surface area contributed by atoms with E-state index in [2.05, 4.69) is 0 Å². The molecule has 0 heterocycles. The van der Waals surface area contributed by atoms with Crippen LogP contribution in [0.25, 0.3) is 6.08 Å². The van der Waals surface area contributed by atoms with Gasteiger partial charge in [-0.2, -0.15) is 13.2 Å². The molecule has 2 aromatic rings. The number of nitrogens with one attached hydrogen (secondary N) is 1. The predicted molar refractivity (Wildman–Crippen MR) is 93.6 cm³/mol. The Morgan fingerprint density at radius 3 is 2.33 bits per heavy atom. The number of hydrogen-bond acceptors (Lipinski definition) is 4. The second-order valence-electron chi connectivity index (χ2n) is 5.40. The molecule has 144 valence electrons. The van der Waals surface area contributed by atoms with Gasteiger partial charge in [0.1, 0.15) is 13.2 Å². The highest BCUT2D eigenvalue weighted by atomic mass is 32.2. The molecule has 9 heteroatoms. The maximum atomic E-state index is 12.9. The molecule has 0 aliphatic rings. The van der Waals surface area contributed by atoms with Gasteiger partial charge in [0.25, 0.3) is 0 Å². The zero-order valence-electron chi connectivity index (χ0n) is 13.9. The van der Waals surface area contributed by atoms with Gasteiger partial charge in [-0.25, -0.2) is 13.1 Å². The lowest BCUT2D eigenvalue weighted by molar-refractivity contribution is -0.146. The molecule has 0 aliphatic carbocycles. The van der Waals surface area contributed by atoms with Gasteiger partial charge in [0.05, 0.1) is 5.56 Å². The predicted octanol–water partition coefficient (Wildman–Crippen LogP) is 3.34. The quantitative estimate of drug-likeness (QED) is 0.725. The van der Waals surface area contributed by atoms with Crippen LogP contribution < -0.4 is 4.72 Å². The van der Waals surface area contributed by atoms with Crippen LogP contribution in [0.15, 0.2) is 60.0 Å². The second kappa shape index (κ2) is 8.83. The van der Waals surface area contributed by atoms with Gasteiger partial charge in [-0.15, -0.1) is 0 Å². The van der Waals surface area contributed by atoms with E-state index in [-0.39, 0.29) is 5.56 Å². The van der Waals surface area contributed by atoms with E-state index in [1.54, 1.807) is 30.3 Å². The Hall–Kier alpha value is -2.65. The van der Waals surface area contributed by atoms with Crippen molar-refractivity contribution in [1.82, 2.24) is 4.72 Å². The van der Waals surface area contributed by atoms with Crippen LogP contribution in [0.5, 0.6) is 0 Å². The van der Waals surface area contributed by atoms with Gasteiger partial charge in [0.2, 0.25) is 10.0 Å². The smallest absolute Gasteiger partial charge is 0.416 e. The fourth-order valence-electron chi connectivity index (χ4n) is 2.07. The number of carbonyl (C=O) groups is 1. The molecule has 0 aromatic heterocycles. The van der Waals surface area contributed by atoms with Crippen LogP contribution in [-0.2, 0) is 32.3 Å². The van der Waals surface area contributed by atoms with Crippen molar-refractivity contribution < 1.29 is 31.1 Å². The molecule has 0 atom stereocenters. The molecule has 0 radical (unpaired) electrons. The minimum Gasteiger partial charge on any atom is -0.460 e. The molecular weight excluding hydrogens is 383 g/mol. The molecule has 1 N–H and O–H groups in total. The van der Waals surface area contributed by atoms with Crippen molar-refractivity contribution in [2.75, 3.05) is 6.54 Å². The zero-order chi connectivity index (χ0) is 19.9. The molecule has 0 aliphatic heterocycles. The van der Waals surface area contributed by atoms with Crippen LogP contribution in [0.1, 0.15) is 16.7 Å². The number of esters is 1. The molecule has 0 unspecified atom stereocenters. The summed E-state index contributed by atoms with van der Waals surface area (Å²) in [5, 5.41) is 0.883. The molecule has 0 amide bonds. The molecule has 0 spiro atoms. The summed E-state index contributed by atoms with van der Waals surface area (Å²) in [7, 11) is -3.90. The lowest BCUT2D eigenvalue weighted by Crippen LogP contribution is -2.29. The fraction of sp³-hybridized carbons (Fsp3) is 0.167. The largest absolute Gasteiger partial charge is 0.460 e. The first-order valence-electron chi connectivity index (χ1n) is 7.71. The normalized spacial score (nSPS) is 12.3. The van der Waals surface area contributed by atoms with Gasteiger partial charge in [-0.1, -0.05) is 48.5 Å². The first-order valence-corrected chi connectivity index (χ1v) is 9.25. The minimum atomic E-state index is -4.58. The first kappa shape index (κ1) is 20.7. The topological polar surface area (TPSA) is 72.5 Å². The van der Waals surface area contributed by atoms with E-state index in [9.17, 15) is 26.4 Å². The molecule has 0 bridgehead atoms. The van der Waals surface area contributed by atoms with Crippen molar-refractivity contribution in [1.29, 1.82) is 0 Å². The van der Waals surface area contributed by atoms with Crippen LogP contribution >= 0.6 is 0 Å². The van der Waals surface area contributed by atoms with Gasteiger partial charge < -0.3 is 4.74 Å². The van der Waals surface area contributed by atoms with Crippen molar-refractivity contribution in [3.05, 3.63) is 76.7 Å². The summed E-state index contributed by atoms with van der Waals surface area (Å²) in [4.78, 5) is 11.6. The van der Waals surface area contributed by atoms with Gasteiger partial charge in [0.15, 0.2) is 0 Å². The number of benzene rings is 2. The van der Waals surface area contributed by atoms with Crippen LogP contribution in [0.3, 0.4) is 0 Å². The van der Waals surface area contributed by atoms with Crippen LogP contribution in [0.2, 0.25) is 0 Å². The van der Waals surface area contributed by atoms with Gasteiger partial charge in [-0.3, -0.25) is 4.79 Å². The van der Waals surface area contributed by atoms with E-state index in [4.69, 9.17) is 4.74 Å². The molecule has 5 nitrogen and oxygen atoms in total. The Balaban J connectivity index is 1.89. The number of ether oxygens (including phenoxy) is 1. The highest BCUT2D eigenvalue weighted by molar-refractivity contribution is 7.92. The van der Waals surface area contributed by atoms with Crippen molar-refractivity contribution >= 4 is 22.1 Å². The number of sulfonamides is 1. The molecule has 0 saturated heterocycles. The summed E-state index contributed by atoms with van der Waals surface area (Å²) in [6.45, 7) is -1.31. The van der Waals surface area contributed by atoms with E-state index in [1.807, 2.05) is 4.72 Å². The molecule has 27 heavy (non-hydrogen) atoms. The van der Waals surface area contributed by atoms with Crippen LogP contribution in [-0.4, -0.2) is 20.9 Å². The lowest BCUT2D eigenvalue weighted by Gasteiger charge is -2.12. The van der Waals surface area contributed by atoms with E-state index in [0.29, 0.717) is 5.56 Å². The van der Waals surface area contributed by atoms with Crippen molar-refractivity contribution in [3.63, 3.8) is 0 Å². The van der Waals surface area contributed by atoms with Crippen LogP contribution in [0.4, 0.5) is 13.2 Å². The summed E-state index contributed by atoms with van der Waals surface area (Å²) in [6.07, 6.45) is -3.24. The van der Waals surface area contributed by atoms with E-state index in [0.717, 1.165) is 11.5 Å². The Morgan fingerprint density at radius 1 is 1.04 bits per heavy atom. The summed E-state index contributed by atoms with van der Waals surface area (Å²) in [6, 6.07) is 13.3. The zero-order valence-corrected chi connectivity index (χ0v) is 14.8. The maximum absolute atomic E-state index is 12.9. The van der Waals surface area contributed by atoms with Crippen molar-refractivity contribution in [2.45, 2.75) is 12.8 Å². The molecule has 2 rings (SSSR count). The Bertz CT molecular complexity index is 910. The Morgan fingerprint density at radius 2 is 1.67 bits per heavy atom. The number of carbonyl (C=O) groups excluding carboxylic acids is 1. The average molecular weight is 399 g/mol. The minimum absolute atomic E-state index is 0.217. The summed E-state index contributed by atoms with van der Waals surface area (Å²) in [5.41, 5.74) is -0.483. The monoisotopic (exact) mass is 399 g/mol. The molecule has 0 saturated carbocycles. The van der Waals surface area contributed by atoms with E-state index in [1.165, 1.54) is 24.3 Å². The number of rotatable bonds is 7. The third-order valence-electron chi connectivity index (χ3n) is 3.37. The second-order valence-corrected chi connectivity index (χ2v) is 7.05. The van der Waals surface area contributed by atoms with Gasteiger partial charge in [-0.05, 0) is 17.7 Å². The summed E-state index contributed by atoms with van der Waals surface area (Å²) < 4.78 is 68.9. The number of halogens is 3. The third-order valence-corrected chi connectivity index (χ3v) is 4.41. The van der Waals surface area contributed by atoms with E-state index < -0.39 is 40.9 Å². The van der Waals surface area contributed by atoms with E-state index >= 15 is 0 Å². The highest BCUT2D eigenvalue weighted by Crippen LogP contribution is 2.32. The molecule has 2 aromatic carbocycles. The average Bonchev–Trinajstić information content (AvgIpc) is 2.63. The van der Waals surface area contributed by atoms with Crippen LogP contribution in [0, 0.1) is 0 Å². The lowest BCUT2D eigenvalue weighted by atomic mass is 10.1. The highest BCUT2D eigenvalue weighted by Gasteiger charge is 2.33. The third kappa shape index (κ3) is 6.87.